The molecular weight excluding hydrogens is 482 g/mol. The Hall–Kier alpha value is -3.40. The summed E-state index contributed by atoms with van der Waals surface area (Å²) in [6, 6.07) is 20.6. The first-order valence-corrected chi connectivity index (χ1v) is 13.0. The Kier molecular flexibility index (Phi) is 5.12. The molecule has 5 rings (SSSR count). The molecule has 0 bridgehead atoms. The van der Waals surface area contributed by atoms with Gasteiger partial charge in [0.1, 0.15) is 12.0 Å². The molecule has 0 atom stereocenters. The molecule has 4 aromatic rings. The standard InChI is InChI=1S/C23H14ClN3O4S2/c24-16-12-10-15(11-13-16)20-18-8-4-5-9-19(18)33(30,31)23-21(27-20)22(25-14-26-23)32(28,29)17-6-2-1-3-7-17/h1-14H. The maximum atomic E-state index is 13.6. The number of aromatic nitrogens is 2. The van der Waals surface area contributed by atoms with Gasteiger partial charge in [0.05, 0.1) is 15.5 Å². The van der Waals surface area contributed by atoms with E-state index in [1.165, 1.54) is 18.2 Å². The zero-order valence-corrected chi connectivity index (χ0v) is 19.1. The van der Waals surface area contributed by atoms with Gasteiger partial charge in [0, 0.05) is 16.1 Å². The molecular formula is C23H14ClN3O4S2. The van der Waals surface area contributed by atoms with E-state index in [4.69, 9.17) is 11.6 Å². The predicted molar refractivity (Wildman–Crippen MR) is 123 cm³/mol. The van der Waals surface area contributed by atoms with Crippen LogP contribution in [-0.4, -0.2) is 32.5 Å². The van der Waals surface area contributed by atoms with Gasteiger partial charge in [-0.2, -0.15) is 0 Å². The molecule has 33 heavy (non-hydrogen) atoms. The van der Waals surface area contributed by atoms with Crippen molar-refractivity contribution in [1.29, 1.82) is 0 Å². The molecule has 2 heterocycles. The van der Waals surface area contributed by atoms with Crippen molar-refractivity contribution in [3.63, 3.8) is 0 Å². The van der Waals surface area contributed by atoms with Crippen molar-refractivity contribution < 1.29 is 16.8 Å². The van der Waals surface area contributed by atoms with Gasteiger partial charge in [-0.15, -0.1) is 0 Å². The summed E-state index contributed by atoms with van der Waals surface area (Å²) >= 11 is 6.03. The van der Waals surface area contributed by atoms with Gasteiger partial charge in [0.2, 0.25) is 19.7 Å². The predicted octanol–water partition coefficient (Wildman–Crippen LogP) is 4.28. The van der Waals surface area contributed by atoms with Crippen LogP contribution in [0.15, 0.2) is 110 Å². The van der Waals surface area contributed by atoms with E-state index in [9.17, 15) is 16.8 Å². The van der Waals surface area contributed by atoms with Crippen molar-refractivity contribution in [2.24, 2.45) is 4.99 Å². The van der Waals surface area contributed by atoms with Crippen LogP contribution in [0.2, 0.25) is 5.02 Å². The third kappa shape index (κ3) is 3.54. The molecule has 1 aliphatic heterocycles. The highest BCUT2D eigenvalue weighted by Gasteiger charge is 2.36. The number of sulfone groups is 2. The smallest absolute Gasteiger partial charge is 0.226 e. The van der Waals surface area contributed by atoms with E-state index in [-0.39, 0.29) is 21.2 Å². The zero-order chi connectivity index (χ0) is 23.2. The van der Waals surface area contributed by atoms with E-state index in [0.29, 0.717) is 16.1 Å². The Morgan fingerprint density at radius 2 is 1.45 bits per heavy atom. The Balaban J connectivity index is 1.89. The third-order valence-corrected chi connectivity index (χ3v) is 8.79. The van der Waals surface area contributed by atoms with Crippen LogP contribution in [-0.2, 0) is 19.7 Å². The fourth-order valence-corrected chi connectivity index (χ4v) is 6.56. The average Bonchev–Trinajstić information content (AvgIpc) is 2.93. The second-order valence-corrected chi connectivity index (χ2v) is 11.3. The molecule has 3 aromatic carbocycles. The van der Waals surface area contributed by atoms with Crippen LogP contribution in [0.3, 0.4) is 0 Å². The molecule has 0 fully saturated rings. The Morgan fingerprint density at radius 3 is 2.18 bits per heavy atom. The van der Waals surface area contributed by atoms with Crippen molar-refractivity contribution in [3.05, 3.63) is 101 Å². The number of hydrogen-bond acceptors (Lipinski definition) is 7. The van der Waals surface area contributed by atoms with Crippen LogP contribution in [0.4, 0.5) is 5.69 Å². The minimum absolute atomic E-state index is 0.0285. The third-order valence-electron chi connectivity index (χ3n) is 5.09. The second-order valence-electron chi connectivity index (χ2n) is 7.12. The number of aliphatic imine (C=N–C) groups is 1. The van der Waals surface area contributed by atoms with E-state index in [1.807, 2.05) is 0 Å². The van der Waals surface area contributed by atoms with Crippen LogP contribution in [0.25, 0.3) is 0 Å². The van der Waals surface area contributed by atoms with Crippen molar-refractivity contribution in [1.82, 2.24) is 9.97 Å². The number of fused-ring (bicyclic) bond motifs is 2. The average molecular weight is 496 g/mol. The van der Waals surface area contributed by atoms with Gasteiger partial charge in [-0.1, -0.05) is 60.1 Å². The highest BCUT2D eigenvalue weighted by atomic mass is 35.5. The van der Waals surface area contributed by atoms with Crippen LogP contribution in [0, 0.1) is 0 Å². The fourth-order valence-electron chi connectivity index (χ4n) is 3.55. The molecule has 7 nitrogen and oxygen atoms in total. The zero-order valence-electron chi connectivity index (χ0n) is 16.8. The summed E-state index contributed by atoms with van der Waals surface area (Å²) in [5.74, 6) is 0. The monoisotopic (exact) mass is 495 g/mol. The lowest BCUT2D eigenvalue weighted by Gasteiger charge is -2.09. The van der Waals surface area contributed by atoms with Gasteiger partial charge in [-0.3, -0.25) is 0 Å². The maximum Gasteiger partial charge on any atom is 0.226 e. The first-order chi connectivity index (χ1) is 15.8. The summed E-state index contributed by atoms with van der Waals surface area (Å²) in [6.45, 7) is 0. The molecule has 0 unspecified atom stereocenters. The van der Waals surface area contributed by atoms with E-state index in [1.54, 1.807) is 60.7 Å². The van der Waals surface area contributed by atoms with E-state index in [0.717, 1.165) is 6.33 Å². The molecule has 1 aliphatic rings. The lowest BCUT2D eigenvalue weighted by Crippen LogP contribution is -2.11. The first-order valence-electron chi connectivity index (χ1n) is 9.64. The van der Waals surface area contributed by atoms with Crippen LogP contribution >= 0.6 is 11.6 Å². The first kappa shape index (κ1) is 21.4. The van der Waals surface area contributed by atoms with Gasteiger partial charge in [0.15, 0.2) is 10.1 Å². The molecule has 0 radical (unpaired) electrons. The lowest BCUT2D eigenvalue weighted by atomic mass is 10.0. The quantitative estimate of drug-likeness (QED) is 0.346. The van der Waals surface area contributed by atoms with Crippen LogP contribution < -0.4 is 0 Å². The van der Waals surface area contributed by atoms with E-state index < -0.39 is 29.7 Å². The molecule has 0 N–H and O–H groups in total. The summed E-state index contributed by atoms with van der Waals surface area (Å²) in [4.78, 5) is 12.4. The van der Waals surface area contributed by atoms with Gasteiger partial charge < -0.3 is 0 Å². The highest BCUT2D eigenvalue weighted by Crippen LogP contribution is 2.39. The number of hydrogen-bond donors (Lipinski definition) is 0. The summed E-state index contributed by atoms with van der Waals surface area (Å²) in [6.07, 6.45) is 0.928. The highest BCUT2D eigenvalue weighted by molar-refractivity contribution is 7.92. The van der Waals surface area contributed by atoms with Crippen LogP contribution in [0.1, 0.15) is 11.1 Å². The van der Waals surface area contributed by atoms with Crippen LogP contribution in [0.5, 0.6) is 0 Å². The number of nitrogens with zero attached hydrogens (tertiary/aromatic N) is 3. The summed E-state index contributed by atoms with van der Waals surface area (Å²) in [5.41, 5.74) is 0.814. The largest absolute Gasteiger partial charge is 0.242 e. The van der Waals surface area contributed by atoms with E-state index in [2.05, 4.69) is 15.0 Å². The molecule has 10 heteroatoms. The Morgan fingerprint density at radius 1 is 0.788 bits per heavy atom. The maximum absolute atomic E-state index is 13.6. The van der Waals surface area contributed by atoms with Crippen molar-refractivity contribution in [3.8, 4) is 0 Å². The minimum Gasteiger partial charge on any atom is -0.242 e. The molecule has 0 amide bonds. The van der Waals surface area contributed by atoms with Crippen molar-refractivity contribution in [2.75, 3.05) is 0 Å². The molecule has 0 spiro atoms. The molecule has 0 aliphatic carbocycles. The number of rotatable bonds is 3. The number of halogens is 1. The molecule has 0 saturated carbocycles. The SMILES string of the molecule is O=S(=O)(c1ccccc1)c1ncnc2c1N=C(c1ccc(Cl)cc1)c1ccccc1S2(=O)=O. The van der Waals surface area contributed by atoms with Gasteiger partial charge in [-0.25, -0.2) is 31.8 Å². The number of benzene rings is 3. The lowest BCUT2D eigenvalue weighted by molar-refractivity contribution is 0.587. The molecule has 0 saturated heterocycles. The summed E-state index contributed by atoms with van der Waals surface area (Å²) in [5, 5.41) is -0.463. The fraction of sp³-hybridized carbons (Fsp3) is 0. The minimum atomic E-state index is -4.21. The molecule has 164 valence electrons. The second kappa shape index (κ2) is 7.87. The van der Waals surface area contributed by atoms with Crippen molar-refractivity contribution in [2.45, 2.75) is 19.8 Å². The Bertz CT molecular complexity index is 1640. The van der Waals surface area contributed by atoms with Gasteiger partial charge in [0.25, 0.3) is 0 Å². The van der Waals surface area contributed by atoms with Crippen molar-refractivity contribution >= 4 is 42.7 Å². The van der Waals surface area contributed by atoms with Gasteiger partial charge >= 0.3 is 0 Å². The molecule has 1 aromatic heterocycles. The normalized spacial score (nSPS) is 14.5. The summed E-state index contributed by atoms with van der Waals surface area (Å²) < 4.78 is 54.0. The van der Waals surface area contributed by atoms with E-state index >= 15 is 0 Å². The summed E-state index contributed by atoms with van der Waals surface area (Å²) in [7, 11) is -8.40. The van der Waals surface area contributed by atoms with Gasteiger partial charge in [-0.05, 0) is 30.3 Å². The topological polar surface area (TPSA) is 106 Å². The Labute approximate surface area is 195 Å².